The van der Waals surface area contributed by atoms with Gasteiger partial charge in [0.05, 0.1) is 11.1 Å². The van der Waals surface area contributed by atoms with E-state index in [9.17, 15) is 10.5 Å². The highest BCUT2D eigenvalue weighted by Crippen LogP contribution is 2.52. The van der Waals surface area contributed by atoms with Gasteiger partial charge >= 0.3 is 0 Å². The minimum Gasteiger partial charge on any atom is -0.192 e. The molecule has 138 valence electrons. The number of aryl methyl sites for hydroxylation is 1. The van der Waals surface area contributed by atoms with E-state index in [4.69, 9.17) is 0 Å². The summed E-state index contributed by atoms with van der Waals surface area (Å²) in [5, 5.41) is 19.5. The Bertz CT molecular complexity index is 705. The molecule has 2 aliphatic rings. The molecule has 0 aromatic heterocycles. The first kappa shape index (κ1) is 19.0. The molecule has 1 aromatic carbocycles. The molecular formula is C24H32N2. The molecule has 2 nitrogen and oxygen atoms in total. The van der Waals surface area contributed by atoms with Crippen LogP contribution in [-0.4, -0.2) is 0 Å². The average Bonchev–Trinajstić information content (AvgIpc) is 2.69. The van der Waals surface area contributed by atoms with Gasteiger partial charge in [-0.15, -0.1) is 0 Å². The molecule has 0 spiro atoms. The van der Waals surface area contributed by atoms with Gasteiger partial charge in [0.25, 0.3) is 0 Å². The fourth-order valence-electron chi connectivity index (χ4n) is 5.87. The predicted molar refractivity (Wildman–Crippen MR) is 106 cm³/mol. The van der Waals surface area contributed by atoms with E-state index in [1.54, 1.807) is 0 Å². The summed E-state index contributed by atoms with van der Waals surface area (Å²) in [6, 6.07) is 9.01. The Balaban J connectivity index is 2.00. The van der Waals surface area contributed by atoms with E-state index in [0.29, 0.717) is 17.0 Å². The zero-order valence-corrected chi connectivity index (χ0v) is 16.5. The van der Waals surface area contributed by atoms with Crippen molar-refractivity contribution in [3.63, 3.8) is 0 Å². The molecule has 0 heterocycles. The summed E-state index contributed by atoms with van der Waals surface area (Å²) in [5.41, 5.74) is 3.53. The van der Waals surface area contributed by atoms with E-state index in [1.165, 1.54) is 76.2 Å². The summed E-state index contributed by atoms with van der Waals surface area (Å²) < 4.78 is 0. The van der Waals surface area contributed by atoms with E-state index >= 15 is 0 Å². The minimum absolute atomic E-state index is 0.125. The summed E-state index contributed by atoms with van der Waals surface area (Å²) in [6.07, 6.45) is 14.2. The topological polar surface area (TPSA) is 47.6 Å². The summed E-state index contributed by atoms with van der Waals surface area (Å²) >= 11 is 0. The molecule has 0 amide bonds. The zero-order valence-electron chi connectivity index (χ0n) is 16.5. The Kier molecular flexibility index (Phi) is 6.03. The Hall–Kier alpha value is -1.80. The van der Waals surface area contributed by atoms with Crippen LogP contribution in [0.15, 0.2) is 12.1 Å². The van der Waals surface area contributed by atoms with Gasteiger partial charge in [-0.2, -0.15) is 10.5 Å². The van der Waals surface area contributed by atoms with Gasteiger partial charge in [0.1, 0.15) is 12.1 Å². The van der Waals surface area contributed by atoms with Gasteiger partial charge in [-0.05, 0) is 61.0 Å². The largest absolute Gasteiger partial charge is 0.192 e. The molecule has 0 saturated heterocycles. The van der Waals surface area contributed by atoms with Gasteiger partial charge in [0.15, 0.2) is 0 Å². The van der Waals surface area contributed by atoms with Gasteiger partial charge in [-0.3, -0.25) is 0 Å². The highest BCUT2D eigenvalue weighted by Gasteiger charge is 2.44. The quantitative estimate of drug-likeness (QED) is 0.619. The molecule has 0 N–H and O–H groups in total. The summed E-state index contributed by atoms with van der Waals surface area (Å²) in [6.45, 7) is 4.25. The maximum absolute atomic E-state index is 9.91. The van der Waals surface area contributed by atoms with Crippen molar-refractivity contribution in [3.05, 3.63) is 34.4 Å². The van der Waals surface area contributed by atoms with E-state index in [0.717, 1.165) is 11.5 Å². The van der Waals surface area contributed by atoms with Gasteiger partial charge in [-0.1, -0.05) is 64.0 Å². The molecule has 0 radical (unpaired) electrons. The first-order chi connectivity index (χ1) is 12.7. The normalized spacial score (nSPS) is 25.2. The third-order valence-corrected chi connectivity index (χ3v) is 7.24. The monoisotopic (exact) mass is 348 g/mol. The number of benzene rings is 1. The Morgan fingerprint density at radius 2 is 1.62 bits per heavy atom. The number of nitriles is 2. The van der Waals surface area contributed by atoms with Crippen LogP contribution in [-0.2, 0) is 5.41 Å². The highest BCUT2D eigenvalue weighted by molar-refractivity contribution is 5.56. The van der Waals surface area contributed by atoms with Crippen LogP contribution in [0.1, 0.15) is 99.8 Å². The standard InChI is InChI=1S/C24H32N2/c1-3-7-19-9-11-20(12-10-19)24(14-5-4-6-15-24)23-13-8-18(2)21(16-25)22(23)17-26/h8,13,19-20H,3-7,9-12,14-15H2,1-2H3/t19-,20-. The van der Waals surface area contributed by atoms with Crippen LogP contribution in [0.2, 0.25) is 0 Å². The van der Waals surface area contributed by atoms with E-state index in [2.05, 4.69) is 31.2 Å². The molecule has 2 aliphatic carbocycles. The second-order valence-corrected chi connectivity index (χ2v) is 8.63. The van der Waals surface area contributed by atoms with Gasteiger partial charge < -0.3 is 0 Å². The molecule has 3 rings (SSSR count). The maximum atomic E-state index is 9.91. The summed E-state index contributed by atoms with van der Waals surface area (Å²) in [7, 11) is 0. The van der Waals surface area contributed by atoms with E-state index in [1.807, 2.05) is 6.92 Å². The smallest absolute Gasteiger partial charge is 0.101 e. The van der Waals surface area contributed by atoms with E-state index in [-0.39, 0.29) is 5.41 Å². The second-order valence-electron chi connectivity index (χ2n) is 8.63. The SMILES string of the molecule is CCC[C@H]1CC[C@H](C2(c3ccc(C)c(C#N)c3C#N)CCCCC2)CC1. The Labute approximate surface area is 159 Å². The first-order valence-electron chi connectivity index (χ1n) is 10.6. The van der Waals surface area contributed by atoms with Gasteiger partial charge in [0.2, 0.25) is 0 Å². The number of rotatable bonds is 4. The lowest BCUT2D eigenvalue weighted by atomic mass is 9.56. The third kappa shape index (κ3) is 3.40. The summed E-state index contributed by atoms with van der Waals surface area (Å²) in [5.74, 6) is 1.58. The van der Waals surface area contributed by atoms with Crippen molar-refractivity contribution in [2.24, 2.45) is 11.8 Å². The second kappa shape index (κ2) is 8.26. The van der Waals surface area contributed by atoms with Gasteiger partial charge in [0, 0.05) is 0 Å². The van der Waals surface area contributed by atoms with Crippen LogP contribution in [0.5, 0.6) is 0 Å². The molecule has 2 saturated carbocycles. The maximum Gasteiger partial charge on any atom is 0.101 e. The fraction of sp³-hybridized carbons (Fsp3) is 0.667. The minimum atomic E-state index is 0.125. The van der Waals surface area contributed by atoms with Crippen LogP contribution in [0.3, 0.4) is 0 Å². The first-order valence-corrected chi connectivity index (χ1v) is 10.6. The van der Waals surface area contributed by atoms with Crippen LogP contribution >= 0.6 is 0 Å². The molecule has 1 aromatic rings. The van der Waals surface area contributed by atoms with Crippen molar-refractivity contribution in [2.45, 2.75) is 89.9 Å². The molecule has 2 heteroatoms. The van der Waals surface area contributed by atoms with Crippen LogP contribution in [0.4, 0.5) is 0 Å². The molecule has 2 fully saturated rings. The van der Waals surface area contributed by atoms with Crippen molar-refractivity contribution < 1.29 is 0 Å². The lowest BCUT2D eigenvalue weighted by Crippen LogP contribution is -2.40. The van der Waals surface area contributed by atoms with Crippen LogP contribution < -0.4 is 0 Å². The molecule has 0 unspecified atom stereocenters. The highest BCUT2D eigenvalue weighted by atomic mass is 14.5. The van der Waals surface area contributed by atoms with Crippen molar-refractivity contribution in [2.75, 3.05) is 0 Å². The lowest BCUT2D eigenvalue weighted by Gasteiger charge is -2.47. The van der Waals surface area contributed by atoms with Crippen LogP contribution in [0, 0.1) is 41.4 Å². The summed E-state index contributed by atoms with van der Waals surface area (Å²) in [4.78, 5) is 0. The van der Waals surface area contributed by atoms with Crippen molar-refractivity contribution in [1.29, 1.82) is 10.5 Å². The van der Waals surface area contributed by atoms with Crippen LogP contribution in [0.25, 0.3) is 0 Å². The van der Waals surface area contributed by atoms with E-state index < -0.39 is 0 Å². The number of hydrogen-bond donors (Lipinski definition) is 0. The van der Waals surface area contributed by atoms with Gasteiger partial charge in [-0.25, -0.2) is 0 Å². The van der Waals surface area contributed by atoms with Crippen molar-refractivity contribution >= 4 is 0 Å². The molecule has 0 bridgehead atoms. The molecule has 0 atom stereocenters. The zero-order chi connectivity index (χ0) is 18.6. The average molecular weight is 349 g/mol. The Morgan fingerprint density at radius 3 is 2.19 bits per heavy atom. The number of hydrogen-bond acceptors (Lipinski definition) is 2. The molecular weight excluding hydrogens is 316 g/mol. The predicted octanol–water partition coefficient (Wildman–Crippen LogP) is 6.55. The van der Waals surface area contributed by atoms with Crippen molar-refractivity contribution in [1.82, 2.24) is 0 Å². The third-order valence-electron chi connectivity index (χ3n) is 7.24. The van der Waals surface area contributed by atoms with Crippen molar-refractivity contribution in [3.8, 4) is 12.1 Å². The number of nitrogens with zero attached hydrogens (tertiary/aromatic N) is 2. The molecule has 26 heavy (non-hydrogen) atoms. The Morgan fingerprint density at radius 1 is 0.962 bits per heavy atom. The molecule has 0 aliphatic heterocycles. The lowest BCUT2D eigenvalue weighted by molar-refractivity contribution is 0.124. The fourth-order valence-corrected chi connectivity index (χ4v) is 5.87.